The van der Waals surface area contributed by atoms with Gasteiger partial charge < -0.3 is 24.6 Å². The normalized spacial score (nSPS) is 13.4. The molecule has 400 valence electrons. The van der Waals surface area contributed by atoms with Crippen LogP contribution in [0.1, 0.15) is 309 Å². The first-order valence-electron chi connectivity index (χ1n) is 29.0. The largest absolute Gasteiger partial charge is 0.472 e. The third-order valence-corrected chi connectivity index (χ3v) is 14.2. The maximum absolute atomic E-state index is 12.7. The van der Waals surface area contributed by atoms with E-state index >= 15 is 0 Å². The Morgan fingerprint density at radius 3 is 0.925 bits per heavy atom. The number of rotatable bonds is 56. The molecule has 67 heavy (non-hydrogen) atoms. The van der Waals surface area contributed by atoms with Crippen molar-refractivity contribution < 1.29 is 47.8 Å². The van der Waals surface area contributed by atoms with Crippen LogP contribution in [0.4, 0.5) is 0 Å². The topological polar surface area (TPSA) is 149 Å². The molecule has 0 saturated heterocycles. The van der Waals surface area contributed by atoms with Crippen molar-refractivity contribution in [1.82, 2.24) is 0 Å². The third-order valence-electron chi connectivity index (χ3n) is 13.3. The number of hydrogen-bond acceptors (Lipinski definition) is 9. The molecule has 0 saturated carbocycles. The number of phosphoric acid groups is 1. The van der Waals surface area contributed by atoms with Crippen LogP contribution >= 0.6 is 7.82 Å². The molecule has 0 amide bonds. The summed E-state index contributed by atoms with van der Waals surface area (Å²) < 4.78 is 33.0. The van der Waals surface area contributed by atoms with Gasteiger partial charge in [-0.1, -0.05) is 284 Å². The molecule has 0 aromatic heterocycles. The molecule has 0 aliphatic rings. The summed E-state index contributed by atoms with van der Waals surface area (Å²) in [5.74, 6) is -0.898. The molecular weight excluding hydrogens is 864 g/mol. The standard InChI is InChI=1S/C56H111O10P/c1-3-5-7-9-11-13-15-17-19-21-23-25-27-29-31-33-35-37-39-41-43-45-47-55(59)63-51-54(52-65-67(61,62)64-50-53(58)49-57)66-56(60)48-46-44-42-40-38-36-34-32-30-28-26-24-22-20-18-16-14-12-10-8-6-4-2/h53-54,57-58H,3-52H2,1-2H3,(H,61,62)/t53-,54+/m0/s1. The molecular formula is C56H111O10P. The van der Waals surface area contributed by atoms with E-state index in [1.165, 1.54) is 238 Å². The summed E-state index contributed by atoms with van der Waals surface area (Å²) in [6.07, 6.45) is 55.1. The van der Waals surface area contributed by atoms with Gasteiger partial charge in [0.2, 0.25) is 0 Å². The van der Waals surface area contributed by atoms with E-state index in [0.717, 1.165) is 32.1 Å². The maximum Gasteiger partial charge on any atom is 0.472 e. The number of ether oxygens (including phenoxy) is 2. The van der Waals surface area contributed by atoms with Crippen LogP contribution in [0.15, 0.2) is 0 Å². The van der Waals surface area contributed by atoms with E-state index in [1.54, 1.807) is 0 Å². The van der Waals surface area contributed by atoms with Crippen molar-refractivity contribution in [3.8, 4) is 0 Å². The summed E-state index contributed by atoms with van der Waals surface area (Å²) in [5, 5.41) is 18.4. The van der Waals surface area contributed by atoms with Crippen LogP contribution in [-0.2, 0) is 32.7 Å². The van der Waals surface area contributed by atoms with E-state index in [9.17, 15) is 24.2 Å². The number of carbonyl (C=O) groups is 2. The van der Waals surface area contributed by atoms with Crippen LogP contribution < -0.4 is 0 Å². The number of hydrogen-bond donors (Lipinski definition) is 3. The molecule has 0 aromatic rings. The van der Waals surface area contributed by atoms with E-state index in [1.807, 2.05) is 0 Å². The van der Waals surface area contributed by atoms with Gasteiger partial charge in [-0.3, -0.25) is 18.6 Å². The first-order valence-corrected chi connectivity index (χ1v) is 30.5. The summed E-state index contributed by atoms with van der Waals surface area (Å²) in [5.41, 5.74) is 0. The fourth-order valence-corrected chi connectivity index (χ4v) is 9.61. The molecule has 0 fully saturated rings. The number of aliphatic hydroxyl groups is 2. The van der Waals surface area contributed by atoms with E-state index in [4.69, 9.17) is 23.6 Å². The lowest BCUT2D eigenvalue weighted by Crippen LogP contribution is -2.29. The van der Waals surface area contributed by atoms with Crippen molar-refractivity contribution in [2.75, 3.05) is 26.4 Å². The average Bonchev–Trinajstić information content (AvgIpc) is 3.32. The van der Waals surface area contributed by atoms with Crippen molar-refractivity contribution in [3.05, 3.63) is 0 Å². The smallest absolute Gasteiger partial charge is 0.462 e. The summed E-state index contributed by atoms with van der Waals surface area (Å²) in [6.45, 7) is 2.48. The van der Waals surface area contributed by atoms with E-state index in [2.05, 4.69) is 13.8 Å². The Bertz CT molecular complexity index is 1080. The quantitative estimate of drug-likeness (QED) is 0.0305. The van der Waals surface area contributed by atoms with E-state index in [-0.39, 0.29) is 19.4 Å². The van der Waals surface area contributed by atoms with Crippen LogP contribution in [0, 0.1) is 0 Å². The Labute approximate surface area is 414 Å². The van der Waals surface area contributed by atoms with Crippen molar-refractivity contribution in [1.29, 1.82) is 0 Å². The van der Waals surface area contributed by atoms with Crippen LogP contribution in [0.5, 0.6) is 0 Å². The lowest BCUT2D eigenvalue weighted by molar-refractivity contribution is -0.161. The lowest BCUT2D eigenvalue weighted by Gasteiger charge is -2.20. The van der Waals surface area contributed by atoms with E-state index in [0.29, 0.717) is 12.8 Å². The lowest BCUT2D eigenvalue weighted by atomic mass is 10.0. The molecule has 3 atom stereocenters. The van der Waals surface area contributed by atoms with Gasteiger partial charge in [0.25, 0.3) is 0 Å². The zero-order chi connectivity index (χ0) is 49.0. The zero-order valence-electron chi connectivity index (χ0n) is 44.2. The Kier molecular flexibility index (Phi) is 52.0. The van der Waals surface area contributed by atoms with Gasteiger partial charge in [-0.05, 0) is 12.8 Å². The summed E-state index contributed by atoms with van der Waals surface area (Å²) in [6, 6.07) is 0. The minimum absolute atomic E-state index is 0.193. The van der Waals surface area contributed by atoms with Gasteiger partial charge in [-0.15, -0.1) is 0 Å². The highest BCUT2D eigenvalue weighted by atomic mass is 31.2. The van der Waals surface area contributed by atoms with Gasteiger partial charge in [0, 0.05) is 12.8 Å². The first kappa shape index (κ1) is 66.0. The van der Waals surface area contributed by atoms with Crippen LogP contribution in [0.2, 0.25) is 0 Å². The molecule has 0 heterocycles. The maximum atomic E-state index is 12.7. The highest BCUT2D eigenvalue weighted by Gasteiger charge is 2.27. The summed E-state index contributed by atoms with van der Waals surface area (Å²) >= 11 is 0. The Morgan fingerprint density at radius 1 is 0.388 bits per heavy atom. The number of esters is 2. The van der Waals surface area contributed by atoms with Gasteiger partial charge in [0.1, 0.15) is 12.7 Å². The van der Waals surface area contributed by atoms with Crippen molar-refractivity contribution in [3.63, 3.8) is 0 Å². The fraction of sp³-hybridized carbons (Fsp3) is 0.964. The Morgan fingerprint density at radius 2 is 0.642 bits per heavy atom. The Hall–Kier alpha value is -1.03. The van der Waals surface area contributed by atoms with Gasteiger partial charge >= 0.3 is 19.8 Å². The molecule has 11 heteroatoms. The molecule has 0 aromatic carbocycles. The minimum atomic E-state index is -4.62. The molecule has 0 spiro atoms. The van der Waals surface area contributed by atoms with Gasteiger partial charge in [0.15, 0.2) is 6.10 Å². The molecule has 1 unspecified atom stereocenters. The number of unbranched alkanes of at least 4 members (excludes halogenated alkanes) is 42. The van der Waals surface area contributed by atoms with Crippen LogP contribution in [-0.4, -0.2) is 65.7 Å². The van der Waals surface area contributed by atoms with Crippen LogP contribution in [0.25, 0.3) is 0 Å². The fourth-order valence-electron chi connectivity index (χ4n) is 8.82. The summed E-state index contributed by atoms with van der Waals surface area (Å²) in [7, 11) is -4.62. The van der Waals surface area contributed by atoms with Gasteiger partial charge in [-0.2, -0.15) is 0 Å². The first-order chi connectivity index (χ1) is 32.7. The van der Waals surface area contributed by atoms with Gasteiger partial charge in [-0.25, -0.2) is 4.57 Å². The van der Waals surface area contributed by atoms with Crippen LogP contribution in [0.3, 0.4) is 0 Å². The molecule has 0 rings (SSSR count). The summed E-state index contributed by atoms with van der Waals surface area (Å²) in [4.78, 5) is 35.3. The highest BCUT2D eigenvalue weighted by molar-refractivity contribution is 7.47. The predicted octanol–water partition coefficient (Wildman–Crippen LogP) is 16.9. The monoisotopic (exact) mass is 975 g/mol. The molecule has 0 bridgehead atoms. The van der Waals surface area contributed by atoms with Crippen molar-refractivity contribution in [2.24, 2.45) is 0 Å². The average molecular weight is 975 g/mol. The molecule has 0 aliphatic heterocycles. The number of phosphoric ester groups is 1. The van der Waals surface area contributed by atoms with Gasteiger partial charge in [0.05, 0.1) is 19.8 Å². The Balaban J connectivity index is 4.04. The molecule has 0 aliphatic carbocycles. The number of carbonyl (C=O) groups excluding carboxylic acids is 2. The second-order valence-electron chi connectivity index (χ2n) is 20.0. The van der Waals surface area contributed by atoms with E-state index < -0.39 is 51.8 Å². The zero-order valence-corrected chi connectivity index (χ0v) is 45.1. The second-order valence-corrected chi connectivity index (χ2v) is 21.5. The SMILES string of the molecule is CCCCCCCCCCCCCCCCCCCCCCCCC(=O)OC[C@H](COP(=O)(O)OC[C@@H](O)CO)OC(=O)CCCCCCCCCCCCCCCCCCCCCCCC. The molecule has 10 nitrogen and oxygen atoms in total. The number of aliphatic hydroxyl groups excluding tert-OH is 2. The molecule has 0 radical (unpaired) electrons. The second kappa shape index (κ2) is 52.8. The molecule has 3 N–H and O–H groups in total. The predicted molar refractivity (Wildman–Crippen MR) is 279 cm³/mol. The van der Waals surface area contributed by atoms with Crippen molar-refractivity contribution in [2.45, 2.75) is 321 Å². The highest BCUT2D eigenvalue weighted by Crippen LogP contribution is 2.43. The third kappa shape index (κ3) is 52.6. The minimum Gasteiger partial charge on any atom is -0.462 e. The van der Waals surface area contributed by atoms with Crippen molar-refractivity contribution >= 4 is 19.8 Å².